The molecule has 0 aliphatic carbocycles. The molecule has 2 aromatic carbocycles. The fourth-order valence-electron chi connectivity index (χ4n) is 2.29. The van der Waals surface area contributed by atoms with Crippen molar-refractivity contribution in [2.45, 2.75) is 12.8 Å². The lowest BCUT2D eigenvalue weighted by molar-refractivity contribution is -0.126. The number of carbonyl (C=O) groups is 1. The molecule has 1 fully saturated rings. The normalized spacial score (nSPS) is 13.2. The first-order chi connectivity index (χ1) is 13.8. The maximum Gasteiger partial charge on any atom is 0.271 e. The van der Waals surface area contributed by atoms with Gasteiger partial charge >= 0.3 is 0 Å². The maximum atomic E-state index is 12.7. The van der Waals surface area contributed by atoms with Crippen LogP contribution in [0.1, 0.15) is 12.8 Å². The van der Waals surface area contributed by atoms with E-state index in [0.29, 0.717) is 5.69 Å². The van der Waals surface area contributed by atoms with Crippen molar-refractivity contribution in [3.05, 3.63) is 78.1 Å². The minimum atomic E-state index is -0.300. The predicted molar refractivity (Wildman–Crippen MR) is 114 cm³/mol. The van der Waals surface area contributed by atoms with Gasteiger partial charge in [0.25, 0.3) is 5.91 Å². The highest BCUT2D eigenvalue weighted by Crippen LogP contribution is 2.11. The summed E-state index contributed by atoms with van der Waals surface area (Å²) < 4.78 is 24.6. The zero-order valence-electron chi connectivity index (χ0n) is 17.2. The maximum absolute atomic E-state index is 12.7. The van der Waals surface area contributed by atoms with Gasteiger partial charge in [0.15, 0.2) is 0 Å². The SMILES string of the molecule is CN(C)C.Fc1ccccc1.N/C(=C\Nc1ccc(F)cc1)C(=O)N1CCCC1. The van der Waals surface area contributed by atoms with Gasteiger partial charge in [-0.2, -0.15) is 0 Å². The highest BCUT2D eigenvalue weighted by molar-refractivity contribution is 5.92. The summed E-state index contributed by atoms with van der Waals surface area (Å²) >= 11 is 0. The largest absolute Gasteiger partial charge is 0.393 e. The summed E-state index contributed by atoms with van der Waals surface area (Å²) in [6, 6.07) is 13.8. The lowest BCUT2D eigenvalue weighted by atomic mass is 10.3. The molecule has 1 heterocycles. The van der Waals surface area contributed by atoms with Crippen LogP contribution in [0.5, 0.6) is 0 Å². The van der Waals surface area contributed by atoms with E-state index in [1.807, 2.05) is 26.0 Å². The smallest absolute Gasteiger partial charge is 0.271 e. The van der Waals surface area contributed by atoms with Crippen LogP contribution in [0.2, 0.25) is 0 Å². The average Bonchev–Trinajstić information content (AvgIpc) is 3.22. The molecule has 0 radical (unpaired) electrons. The molecule has 0 bridgehead atoms. The molecule has 7 heteroatoms. The Labute approximate surface area is 171 Å². The molecule has 1 aliphatic rings. The van der Waals surface area contributed by atoms with E-state index in [1.165, 1.54) is 30.5 Å². The quantitative estimate of drug-likeness (QED) is 0.767. The lowest BCUT2D eigenvalue weighted by Gasteiger charge is -2.15. The first kappa shape index (κ1) is 24.1. The Kier molecular flexibility index (Phi) is 11.0. The lowest BCUT2D eigenvalue weighted by Crippen LogP contribution is -2.32. The first-order valence-electron chi connectivity index (χ1n) is 9.38. The average molecular weight is 405 g/mol. The topological polar surface area (TPSA) is 61.6 Å². The Morgan fingerprint density at radius 2 is 1.45 bits per heavy atom. The van der Waals surface area contributed by atoms with Crippen LogP contribution in [-0.4, -0.2) is 49.9 Å². The zero-order chi connectivity index (χ0) is 21.6. The van der Waals surface area contributed by atoms with Crippen molar-refractivity contribution in [2.75, 3.05) is 39.5 Å². The van der Waals surface area contributed by atoms with Crippen LogP contribution in [0.15, 0.2) is 66.5 Å². The van der Waals surface area contributed by atoms with E-state index in [1.54, 1.807) is 35.2 Å². The number of hydrogen-bond donors (Lipinski definition) is 2. The van der Waals surface area contributed by atoms with Gasteiger partial charge in [0, 0.05) is 25.0 Å². The number of halogens is 2. The van der Waals surface area contributed by atoms with Crippen molar-refractivity contribution in [2.24, 2.45) is 5.73 Å². The van der Waals surface area contributed by atoms with Gasteiger partial charge in [0.05, 0.1) is 0 Å². The number of nitrogens with one attached hydrogen (secondary N) is 1. The second-order valence-corrected chi connectivity index (χ2v) is 6.89. The Hall–Kier alpha value is -2.93. The van der Waals surface area contributed by atoms with E-state index in [0.717, 1.165) is 25.9 Å². The third kappa shape index (κ3) is 10.8. The second-order valence-electron chi connectivity index (χ2n) is 6.89. The van der Waals surface area contributed by atoms with Gasteiger partial charge < -0.3 is 20.9 Å². The molecule has 1 amide bonds. The fourth-order valence-corrected chi connectivity index (χ4v) is 2.29. The van der Waals surface area contributed by atoms with Crippen molar-refractivity contribution in [3.8, 4) is 0 Å². The highest BCUT2D eigenvalue weighted by Gasteiger charge is 2.19. The fraction of sp³-hybridized carbons (Fsp3) is 0.318. The van der Waals surface area contributed by atoms with Crippen LogP contribution >= 0.6 is 0 Å². The van der Waals surface area contributed by atoms with Crippen LogP contribution in [0.4, 0.5) is 14.5 Å². The van der Waals surface area contributed by atoms with Gasteiger partial charge in [-0.25, -0.2) is 8.78 Å². The molecule has 0 aromatic heterocycles. The zero-order valence-corrected chi connectivity index (χ0v) is 17.2. The Bertz CT molecular complexity index is 740. The van der Waals surface area contributed by atoms with E-state index >= 15 is 0 Å². The number of nitrogens with zero attached hydrogens (tertiary/aromatic N) is 2. The van der Waals surface area contributed by atoms with E-state index in [2.05, 4.69) is 5.32 Å². The van der Waals surface area contributed by atoms with Crippen LogP contribution in [0.25, 0.3) is 0 Å². The van der Waals surface area contributed by atoms with E-state index in [-0.39, 0.29) is 23.2 Å². The molecule has 0 atom stereocenters. The second kappa shape index (κ2) is 13.3. The molecule has 2 aromatic rings. The number of nitrogens with two attached hydrogens (primary N) is 1. The van der Waals surface area contributed by atoms with Gasteiger partial charge in [-0.05, 0) is 70.4 Å². The molecule has 29 heavy (non-hydrogen) atoms. The van der Waals surface area contributed by atoms with Crippen molar-refractivity contribution >= 4 is 11.6 Å². The van der Waals surface area contributed by atoms with Crippen LogP contribution in [0, 0.1) is 11.6 Å². The third-order valence-corrected chi connectivity index (χ3v) is 3.61. The number of benzene rings is 2. The molecule has 1 saturated heterocycles. The highest BCUT2D eigenvalue weighted by atomic mass is 19.1. The molecule has 3 N–H and O–H groups in total. The number of rotatable bonds is 3. The van der Waals surface area contributed by atoms with Crippen molar-refractivity contribution in [1.29, 1.82) is 0 Å². The predicted octanol–water partition coefficient (Wildman–Crippen LogP) is 3.66. The van der Waals surface area contributed by atoms with Gasteiger partial charge in [-0.1, -0.05) is 18.2 Å². The standard InChI is InChI=1S/C13H16FN3O.C6H5F.C3H9N/c14-10-3-5-11(6-4-10)16-9-12(15)13(18)17-7-1-2-8-17;7-6-4-2-1-3-5-6;1-4(2)3/h3-6,9,16H,1-2,7-8,15H2;1-5H;1-3H3/b12-9-;;. The van der Waals surface area contributed by atoms with Crippen molar-refractivity contribution in [3.63, 3.8) is 0 Å². The van der Waals surface area contributed by atoms with E-state index < -0.39 is 0 Å². The number of likely N-dealkylation sites (tertiary alicyclic amines) is 1. The number of hydrogen-bond acceptors (Lipinski definition) is 4. The Balaban J connectivity index is 0.000000314. The van der Waals surface area contributed by atoms with Gasteiger partial charge in [0.1, 0.15) is 17.3 Å². The summed E-state index contributed by atoms with van der Waals surface area (Å²) in [5, 5.41) is 2.87. The minimum Gasteiger partial charge on any atom is -0.393 e. The van der Waals surface area contributed by atoms with Crippen LogP contribution in [-0.2, 0) is 4.79 Å². The van der Waals surface area contributed by atoms with Gasteiger partial charge in [-0.15, -0.1) is 0 Å². The molecule has 158 valence electrons. The molecular weight excluding hydrogens is 374 g/mol. The molecular formula is C22H30F2N4O. The van der Waals surface area contributed by atoms with Gasteiger partial charge in [-0.3, -0.25) is 4.79 Å². The molecule has 0 spiro atoms. The van der Waals surface area contributed by atoms with Crippen molar-refractivity contribution in [1.82, 2.24) is 9.80 Å². The summed E-state index contributed by atoms with van der Waals surface area (Å²) in [5.74, 6) is -0.629. The van der Waals surface area contributed by atoms with E-state index in [4.69, 9.17) is 5.73 Å². The van der Waals surface area contributed by atoms with Gasteiger partial charge in [0.2, 0.25) is 0 Å². The summed E-state index contributed by atoms with van der Waals surface area (Å²) in [6.45, 7) is 1.54. The Morgan fingerprint density at radius 1 is 0.966 bits per heavy atom. The molecule has 3 rings (SSSR count). The summed E-state index contributed by atoms with van der Waals surface area (Å²) in [4.78, 5) is 15.6. The first-order valence-corrected chi connectivity index (χ1v) is 9.38. The number of anilines is 1. The molecule has 1 aliphatic heterocycles. The minimum absolute atomic E-state index is 0.151. The van der Waals surface area contributed by atoms with E-state index in [9.17, 15) is 13.6 Å². The molecule has 0 unspecified atom stereocenters. The van der Waals surface area contributed by atoms with Crippen molar-refractivity contribution < 1.29 is 13.6 Å². The third-order valence-electron chi connectivity index (χ3n) is 3.61. The summed E-state index contributed by atoms with van der Waals surface area (Å²) in [6.07, 6.45) is 3.52. The number of carbonyl (C=O) groups excluding carboxylic acids is 1. The monoisotopic (exact) mass is 404 g/mol. The van der Waals surface area contributed by atoms with Crippen LogP contribution in [0.3, 0.4) is 0 Å². The molecule has 0 saturated carbocycles. The van der Waals surface area contributed by atoms with Crippen LogP contribution < -0.4 is 11.1 Å². The Morgan fingerprint density at radius 3 is 1.90 bits per heavy atom. The molecule has 5 nitrogen and oxygen atoms in total. The summed E-state index contributed by atoms with van der Waals surface area (Å²) in [5.41, 5.74) is 6.56. The number of amides is 1. The summed E-state index contributed by atoms with van der Waals surface area (Å²) in [7, 11) is 6.00.